The fourth-order valence-electron chi connectivity index (χ4n) is 5.97. The lowest BCUT2D eigenvalue weighted by Crippen LogP contribution is -2.27. The standard InChI is InChI=1S/C36H35N2O5S.C14H22O3S/c1-36(2,3)43-35(39)26-42-29-10-12-32(13-11-29)44(33-8-4-6-30(22-33)40-24-27-14-18-37-19-15-27)34-9-5-7-31(23-34)41-25-28-16-20-38-21-17-28;1-2-3-4-5-6-10-13-17-18(15,16)14-11-8-7-9-12-14/h4-23H,24-26H2,1-3H3;7-9,11-12H,2-6,10,13H2,1H3/q+1;. The smallest absolute Gasteiger partial charge is 0.344 e. The summed E-state index contributed by atoms with van der Waals surface area (Å²) in [6, 6.07) is 40.2. The zero-order valence-corrected chi connectivity index (χ0v) is 37.6. The summed E-state index contributed by atoms with van der Waals surface area (Å²) in [5, 5.41) is 0. The number of carbonyl (C=O) groups excluding carboxylic acids is 1. The van der Waals surface area contributed by atoms with Crippen molar-refractivity contribution in [3.63, 3.8) is 0 Å². The predicted molar refractivity (Wildman–Crippen MR) is 243 cm³/mol. The molecular formula is C50H57N2O8S2+. The van der Waals surface area contributed by atoms with Crippen LogP contribution in [0.3, 0.4) is 0 Å². The highest BCUT2D eigenvalue weighted by atomic mass is 32.2. The maximum absolute atomic E-state index is 12.2. The van der Waals surface area contributed by atoms with Crippen LogP contribution in [0.2, 0.25) is 0 Å². The molecule has 6 rings (SSSR count). The molecule has 0 unspecified atom stereocenters. The van der Waals surface area contributed by atoms with Gasteiger partial charge in [-0.05, 0) is 123 Å². The summed E-state index contributed by atoms with van der Waals surface area (Å²) in [7, 11) is -4.05. The van der Waals surface area contributed by atoms with Crippen LogP contribution in [-0.4, -0.2) is 43.2 Å². The van der Waals surface area contributed by atoms with E-state index in [1.807, 2.05) is 93.6 Å². The van der Waals surface area contributed by atoms with Gasteiger partial charge in [-0.1, -0.05) is 69.4 Å². The van der Waals surface area contributed by atoms with Gasteiger partial charge in [0, 0.05) is 36.9 Å². The molecule has 62 heavy (non-hydrogen) atoms. The molecule has 2 heterocycles. The molecule has 326 valence electrons. The molecule has 0 aliphatic heterocycles. The van der Waals surface area contributed by atoms with E-state index in [2.05, 4.69) is 41.2 Å². The van der Waals surface area contributed by atoms with Gasteiger partial charge >= 0.3 is 5.97 Å². The Bertz CT molecular complexity index is 2240. The van der Waals surface area contributed by atoms with Crippen LogP contribution in [-0.2, 0) is 47.9 Å². The Hall–Kier alpha value is -5.69. The molecule has 10 nitrogen and oxygen atoms in total. The van der Waals surface area contributed by atoms with E-state index in [0.29, 0.717) is 19.0 Å². The number of rotatable bonds is 21. The Morgan fingerprint density at radius 3 is 1.65 bits per heavy atom. The first kappa shape index (κ1) is 47.4. The predicted octanol–water partition coefficient (Wildman–Crippen LogP) is 11.2. The second-order valence-corrected chi connectivity index (χ2v) is 18.9. The molecule has 0 spiro atoms. The Kier molecular flexibility index (Phi) is 18.8. The fraction of sp³-hybridized carbons (Fsp3) is 0.300. The molecule has 6 aromatic rings. The molecule has 0 aliphatic carbocycles. The highest BCUT2D eigenvalue weighted by molar-refractivity contribution is 7.97. The average Bonchev–Trinajstić information content (AvgIpc) is 3.28. The zero-order valence-electron chi connectivity index (χ0n) is 36.0. The lowest BCUT2D eigenvalue weighted by Gasteiger charge is -2.19. The van der Waals surface area contributed by atoms with Gasteiger partial charge < -0.3 is 18.9 Å². The third-order valence-corrected chi connectivity index (χ3v) is 12.5. The largest absolute Gasteiger partial charge is 0.489 e. The van der Waals surface area contributed by atoms with Crippen molar-refractivity contribution in [2.75, 3.05) is 13.2 Å². The zero-order chi connectivity index (χ0) is 44.0. The van der Waals surface area contributed by atoms with E-state index < -0.39 is 32.6 Å². The van der Waals surface area contributed by atoms with Crippen LogP contribution in [0.15, 0.2) is 172 Å². The number of pyridine rings is 2. The van der Waals surface area contributed by atoms with Crippen LogP contribution in [0.25, 0.3) is 0 Å². The summed E-state index contributed by atoms with van der Waals surface area (Å²) >= 11 is 0. The highest BCUT2D eigenvalue weighted by Crippen LogP contribution is 2.35. The number of hydrogen-bond donors (Lipinski definition) is 0. The van der Waals surface area contributed by atoms with Crippen molar-refractivity contribution in [3.05, 3.63) is 163 Å². The Balaban J connectivity index is 0.000000338. The van der Waals surface area contributed by atoms with Crippen molar-refractivity contribution in [1.29, 1.82) is 0 Å². The number of aromatic nitrogens is 2. The minimum absolute atomic E-state index is 0.157. The number of unbranched alkanes of at least 4 members (excludes halogenated alkanes) is 5. The maximum atomic E-state index is 12.2. The van der Waals surface area contributed by atoms with Gasteiger partial charge in [-0.3, -0.25) is 14.2 Å². The molecule has 12 heteroatoms. The van der Waals surface area contributed by atoms with E-state index in [-0.39, 0.29) is 18.1 Å². The second-order valence-electron chi connectivity index (χ2n) is 15.2. The molecule has 0 aliphatic rings. The molecule has 0 radical (unpaired) electrons. The van der Waals surface area contributed by atoms with Gasteiger partial charge in [-0.2, -0.15) is 8.42 Å². The van der Waals surface area contributed by atoms with Gasteiger partial charge in [0.15, 0.2) is 21.3 Å². The lowest BCUT2D eigenvalue weighted by molar-refractivity contribution is -0.157. The molecule has 0 bridgehead atoms. The summed E-state index contributed by atoms with van der Waals surface area (Å²) in [5.41, 5.74) is 1.53. The normalized spacial score (nSPS) is 11.3. The van der Waals surface area contributed by atoms with Gasteiger partial charge in [-0.25, -0.2) is 4.79 Å². The van der Waals surface area contributed by atoms with Crippen LogP contribution in [0.4, 0.5) is 0 Å². The second kappa shape index (κ2) is 24.7. The number of benzene rings is 4. The summed E-state index contributed by atoms with van der Waals surface area (Å²) in [5.74, 6) is 1.74. The van der Waals surface area contributed by atoms with Crippen LogP contribution < -0.4 is 14.2 Å². The number of esters is 1. The molecule has 4 aromatic carbocycles. The van der Waals surface area contributed by atoms with Crippen LogP contribution in [0.5, 0.6) is 17.2 Å². The van der Waals surface area contributed by atoms with Crippen molar-refractivity contribution < 1.29 is 36.3 Å². The minimum atomic E-state index is -3.56. The monoisotopic (exact) mass is 877 g/mol. The molecule has 0 N–H and O–H groups in total. The molecule has 2 aromatic heterocycles. The summed E-state index contributed by atoms with van der Waals surface area (Å²) in [6.07, 6.45) is 13.7. The van der Waals surface area contributed by atoms with Crippen molar-refractivity contribution >= 4 is 27.0 Å². The minimum Gasteiger partial charge on any atom is -0.489 e. The Morgan fingerprint density at radius 2 is 1.11 bits per heavy atom. The van der Waals surface area contributed by atoms with Crippen LogP contribution in [0.1, 0.15) is 77.3 Å². The van der Waals surface area contributed by atoms with Crippen LogP contribution in [0, 0.1) is 0 Å². The molecule has 0 saturated heterocycles. The average molecular weight is 878 g/mol. The fourth-order valence-corrected chi connectivity index (χ4v) is 9.06. The van der Waals surface area contributed by atoms with Gasteiger partial charge in [0.05, 0.1) is 22.4 Å². The van der Waals surface area contributed by atoms with Crippen molar-refractivity contribution in [3.8, 4) is 17.2 Å². The van der Waals surface area contributed by atoms with Gasteiger partial charge in [0.2, 0.25) is 0 Å². The van der Waals surface area contributed by atoms with E-state index in [1.165, 1.54) is 19.3 Å². The van der Waals surface area contributed by atoms with Crippen molar-refractivity contribution in [2.24, 2.45) is 0 Å². The first-order chi connectivity index (χ1) is 30.0. The van der Waals surface area contributed by atoms with Crippen LogP contribution >= 0.6 is 0 Å². The first-order valence-electron chi connectivity index (χ1n) is 20.9. The summed E-state index contributed by atoms with van der Waals surface area (Å²) < 4.78 is 51.9. The van der Waals surface area contributed by atoms with Gasteiger partial charge in [-0.15, -0.1) is 0 Å². The van der Waals surface area contributed by atoms with E-state index in [1.54, 1.807) is 55.1 Å². The molecule has 0 amide bonds. The molecule has 0 saturated carbocycles. The molecule has 0 fully saturated rings. The Labute approximate surface area is 370 Å². The van der Waals surface area contributed by atoms with Gasteiger partial charge in [0.25, 0.3) is 10.1 Å². The van der Waals surface area contributed by atoms with E-state index in [9.17, 15) is 13.2 Å². The van der Waals surface area contributed by atoms with Gasteiger partial charge in [0.1, 0.15) is 36.1 Å². The van der Waals surface area contributed by atoms with E-state index in [4.69, 9.17) is 23.1 Å². The third kappa shape index (κ3) is 16.6. The van der Waals surface area contributed by atoms with Crippen molar-refractivity contribution in [2.45, 2.75) is 105 Å². The third-order valence-electron chi connectivity index (χ3n) is 9.00. The summed E-state index contributed by atoms with van der Waals surface area (Å²) in [6.45, 7) is 8.69. The highest BCUT2D eigenvalue weighted by Gasteiger charge is 2.30. The number of carbonyl (C=O) groups is 1. The SMILES string of the molecule is CC(C)(C)OC(=O)COc1ccc([S+](c2cccc(OCc3ccncc3)c2)c2cccc(OCc3ccncc3)c2)cc1.CCCCCCCCOS(=O)(=O)c1ccccc1. The molecular weight excluding hydrogens is 821 g/mol. The quantitative estimate of drug-likeness (QED) is 0.0299. The lowest BCUT2D eigenvalue weighted by atomic mass is 10.1. The first-order valence-corrected chi connectivity index (χ1v) is 23.5. The topological polar surface area (TPSA) is 123 Å². The number of nitrogens with zero attached hydrogens (tertiary/aromatic N) is 2. The van der Waals surface area contributed by atoms with E-state index >= 15 is 0 Å². The Morgan fingerprint density at radius 1 is 0.581 bits per heavy atom. The van der Waals surface area contributed by atoms with Crippen molar-refractivity contribution in [1.82, 2.24) is 9.97 Å². The van der Waals surface area contributed by atoms with E-state index in [0.717, 1.165) is 56.6 Å². The molecule has 0 atom stereocenters. The maximum Gasteiger partial charge on any atom is 0.344 e. The number of ether oxygens (including phenoxy) is 4. The summed E-state index contributed by atoms with van der Waals surface area (Å²) in [4.78, 5) is 23.8. The number of hydrogen-bond acceptors (Lipinski definition) is 10.